The molecule has 0 nitrogen and oxygen atoms in total. The normalized spacial score (nSPS) is 10.5. The summed E-state index contributed by atoms with van der Waals surface area (Å²) in [6.07, 6.45) is 4.12. The lowest BCUT2D eigenvalue weighted by Crippen LogP contribution is -1.96. The van der Waals surface area contributed by atoms with E-state index >= 15 is 0 Å². The van der Waals surface area contributed by atoms with Gasteiger partial charge in [-0.1, -0.05) is 60.2 Å². The molecule has 0 aliphatic carbocycles. The van der Waals surface area contributed by atoms with E-state index in [-0.39, 0.29) is 0 Å². The minimum atomic E-state index is 1.09. The maximum atomic E-state index is 3.86. The van der Waals surface area contributed by atoms with Crippen LogP contribution < -0.4 is 0 Å². The SMILES string of the molecule is C=Cc1cc(C)cc(CCc2cc(C)ccc2C)c1. The predicted molar refractivity (Wildman–Crippen MR) is 84.6 cm³/mol. The summed E-state index contributed by atoms with van der Waals surface area (Å²) in [7, 11) is 0. The van der Waals surface area contributed by atoms with Crippen LogP contribution in [0, 0.1) is 20.8 Å². The molecule has 0 heterocycles. The van der Waals surface area contributed by atoms with Crippen LogP contribution in [0.1, 0.15) is 33.4 Å². The van der Waals surface area contributed by atoms with Gasteiger partial charge in [0.2, 0.25) is 0 Å². The van der Waals surface area contributed by atoms with Crippen molar-refractivity contribution in [2.45, 2.75) is 33.6 Å². The summed E-state index contributed by atoms with van der Waals surface area (Å²) < 4.78 is 0. The van der Waals surface area contributed by atoms with Gasteiger partial charge in [0.1, 0.15) is 0 Å². The Balaban J connectivity index is 2.16. The second-order valence-corrected chi connectivity index (χ2v) is 5.39. The van der Waals surface area contributed by atoms with Crippen molar-refractivity contribution in [2.75, 3.05) is 0 Å². The first-order valence-corrected chi connectivity index (χ1v) is 6.87. The zero-order valence-corrected chi connectivity index (χ0v) is 12.2. The third kappa shape index (κ3) is 3.57. The standard InChI is InChI=1S/C19H22/c1-5-17-10-15(3)11-18(13-17)8-9-19-12-14(2)6-7-16(19)4/h5-7,10-13H,1,8-9H2,2-4H3. The second-order valence-electron chi connectivity index (χ2n) is 5.39. The van der Waals surface area contributed by atoms with Crippen LogP contribution >= 0.6 is 0 Å². The highest BCUT2D eigenvalue weighted by Gasteiger charge is 2.02. The van der Waals surface area contributed by atoms with Gasteiger partial charge in [-0.2, -0.15) is 0 Å². The molecule has 0 radical (unpaired) electrons. The van der Waals surface area contributed by atoms with E-state index in [1.807, 2.05) is 6.08 Å². The molecule has 2 rings (SSSR count). The van der Waals surface area contributed by atoms with Crippen LogP contribution in [0.5, 0.6) is 0 Å². The molecular weight excluding hydrogens is 228 g/mol. The van der Waals surface area contributed by atoms with Gasteiger partial charge in [-0.3, -0.25) is 0 Å². The van der Waals surface area contributed by atoms with E-state index in [0.717, 1.165) is 12.8 Å². The molecule has 2 aromatic rings. The molecule has 98 valence electrons. The van der Waals surface area contributed by atoms with Crippen molar-refractivity contribution >= 4 is 6.08 Å². The predicted octanol–water partition coefficient (Wildman–Crippen LogP) is 5.04. The Morgan fingerprint density at radius 2 is 1.68 bits per heavy atom. The van der Waals surface area contributed by atoms with Crippen LogP contribution in [0.3, 0.4) is 0 Å². The Labute approximate surface area is 116 Å². The molecule has 0 amide bonds. The Morgan fingerprint density at radius 3 is 2.42 bits per heavy atom. The molecular formula is C19H22. The van der Waals surface area contributed by atoms with Crippen LogP contribution in [0.4, 0.5) is 0 Å². The molecule has 0 fully saturated rings. The van der Waals surface area contributed by atoms with E-state index in [2.05, 4.69) is 63.7 Å². The molecule has 0 spiro atoms. The number of benzene rings is 2. The maximum Gasteiger partial charge on any atom is -0.0236 e. The molecule has 0 bridgehead atoms. The highest BCUT2D eigenvalue weighted by Crippen LogP contribution is 2.16. The van der Waals surface area contributed by atoms with E-state index in [1.54, 1.807) is 0 Å². The van der Waals surface area contributed by atoms with Crippen LogP contribution in [0.15, 0.2) is 43.0 Å². The largest absolute Gasteiger partial charge is 0.0985 e. The molecule has 19 heavy (non-hydrogen) atoms. The van der Waals surface area contributed by atoms with Crippen molar-refractivity contribution in [1.29, 1.82) is 0 Å². The average Bonchev–Trinajstić information content (AvgIpc) is 2.39. The zero-order chi connectivity index (χ0) is 13.8. The highest BCUT2D eigenvalue weighted by atomic mass is 14.1. The van der Waals surface area contributed by atoms with Gasteiger partial charge in [-0.25, -0.2) is 0 Å². The van der Waals surface area contributed by atoms with Crippen LogP contribution in [-0.4, -0.2) is 0 Å². The average molecular weight is 250 g/mol. The van der Waals surface area contributed by atoms with E-state index in [4.69, 9.17) is 0 Å². The molecule has 0 aliphatic rings. The van der Waals surface area contributed by atoms with Crippen molar-refractivity contribution in [3.05, 3.63) is 76.4 Å². The number of hydrogen-bond acceptors (Lipinski definition) is 0. The fraction of sp³-hybridized carbons (Fsp3) is 0.263. The fourth-order valence-corrected chi connectivity index (χ4v) is 2.51. The Hall–Kier alpha value is -1.82. The summed E-state index contributed by atoms with van der Waals surface area (Å²) in [5.74, 6) is 0. The quantitative estimate of drug-likeness (QED) is 0.713. The smallest absolute Gasteiger partial charge is 0.0236 e. The van der Waals surface area contributed by atoms with Gasteiger partial charge >= 0.3 is 0 Å². The number of hydrogen-bond donors (Lipinski definition) is 0. The minimum Gasteiger partial charge on any atom is -0.0985 e. The monoisotopic (exact) mass is 250 g/mol. The Morgan fingerprint density at radius 1 is 0.895 bits per heavy atom. The van der Waals surface area contributed by atoms with E-state index in [0.29, 0.717) is 0 Å². The van der Waals surface area contributed by atoms with Crippen LogP contribution in [0.25, 0.3) is 6.08 Å². The van der Waals surface area contributed by atoms with Crippen molar-refractivity contribution in [2.24, 2.45) is 0 Å². The van der Waals surface area contributed by atoms with Gasteiger partial charge < -0.3 is 0 Å². The summed E-state index contributed by atoms with van der Waals surface area (Å²) in [4.78, 5) is 0. The van der Waals surface area contributed by atoms with Crippen molar-refractivity contribution in [1.82, 2.24) is 0 Å². The first kappa shape index (κ1) is 13.6. The lowest BCUT2D eigenvalue weighted by atomic mass is 9.97. The van der Waals surface area contributed by atoms with E-state index in [1.165, 1.54) is 33.4 Å². The third-order valence-electron chi connectivity index (χ3n) is 3.58. The Kier molecular flexibility index (Phi) is 4.21. The topological polar surface area (TPSA) is 0 Å². The van der Waals surface area contributed by atoms with Gasteiger partial charge in [0.05, 0.1) is 0 Å². The van der Waals surface area contributed by atoms with Crippen molar-refractivity contribution in [3.8, 4) is 0 Å². The zero-order valence-electron chi connectivity index (χ0n) is 12.2. The lowest BCUT2D eigenvalue weighted by Gasteiger charge is -2.09. The molecule has 0 atom stereocenters. The number of aryl methyl sites for hydroxylation is 5. The van der Waals surface area contributed by atoms with Crippen molar-refractivity contribution in [3.63, 3.8) is 0 Å². The molecule has 0 saturated carbocycles. The van der Waals surface area contributed by atoms with E-state index in [9.17, 15) is 0 Å². The Bertz CT molecular complexity index is 591. The molecule has 0 aliphatic heterocycles. The first-order valence-electron chi connectivity index (χ1n) is 6.87. The maximum absolute atomic E-state index is 3.86. The van der Waals surface area contributed by atoms with Crippen LogP contribution in [0.2, 0.25) is 0 Å². The highest BCUT2D eigenvalue weighted by molar-refractivity contribution is 5.50. The van der Waals surface area contributed by atoms with Crippen LogP contribution in [-0.2, 0) is 12.8 Å². The molecule has 2 aromatic carbocycles. The second kappa shape index (κ2) is 5.88. The fourth-order valence-electron chi connectivity index (χ4n) is 2.51. The summed E-state index contributed by atoms with van der Waals surface area (Å²) in [5.41, 5.74) is 8.13. The van der Waals surface area contributed by atoms with Gasteiger partial charge in [-0.05, 0) is 55.9 Å². The summed E-state index contributed by atoms with van der Waals surface area (Å²) in [6.45, 7) is 10.4. The van der Waals surface area contributed by atoms with Gasteiger partial charge in [0.25, 0.3) is 0 Å². The van der Waals surface area contributed by atoms with Crippen molar-refractivity contribution < 1.29 is 0 Å². The van der Waals surface area contributed by atoms with E-state index < -0.39 is 0 Å². The summed E-state index contributed by atoms with van der Waals surface area (Å²) in [5, 5.41) is 0. The molecule has 0 N–H and O–H groups in total. The first-order chi connectivity index (χ1) is 9.08. The molecule has 0 unspecified atom stereocenters. The summed E-state index contributed by atoms with van der Waals surface area (Å²) in [6, 6.07) is 13.4. The minimum absolute atomic E-state index is 1.09. The molecule has 0 aromatic heterocycles. The third-order valence-corrected chi connectivity index (χ3v) is 3.58. The summed E-state index contributed by atoms with van der Waals surface area (Å²) >= 11 is 0. The molecule has 0 saturated heterocycles. The van der Waals surface area contributed by atoms with Gasteiger partial charge in [0, 0.05) is 0 Å². The number of rotatable bonds is 4. The van der Waals surface area contributed by atoms with Gasteiger partial charge in [-0.15, -0.1) is 0 Å². The lowest BCUT2D eigenvalue weighted by molar-refractivity contribution is 0.944. The van der Waals surface area contributed by atoms with Gasteiger partial charge in [0.15, 0.2) is 0 Å². The molecule has 0 heteroatoms.